The van der Waals surface area contributed by atoms with Crippen LogP contribution in [0.25, 0.3) is 10.9 Å². The molecule has 0 aliphatic heterocycles. The molecule has 0 bridgehead atoms. The topological polar surface area (TPSA) is 42.0 Å². The highest BCUT2D eigenvalue weighted by Gasteiger charge is 2.35. The summed E-state index contributed by atoms with van der Waals surface area (Å²) in [5, 5.41) is 4.16. The third-order valence-electron chi connectivity index (χ3n) is 5.34. The number of hydrogen-bond acceptors (Lipinski definition) is 3. The number of carbonyl (C=O) groups excluding carboxylic acids is 1. The van der Waals surface area contributed by atoms with Crippen molar-refractivity contribution in [1.29, 1.82) is 0 Å². The van der Waals surface area contributed by atoms with Gasteiger partial charge in [0.15, 0.2) is 0 Å². The first-order valence-corrected chi connectivity index (χ1v) is 10.9. The molecule has 1 heterocycles. The van der Waals surface area contributed by atoms with Crippen LogP contribution in [0.15, 0.2) is 96.0 Å². The number of rotatable bonds is 6. The molecule has 4 aromatic rings. The number of benzene rings is 3. The third-order valence-corrected chi connectivity index (χ3v) is 6.67. The molecule has 1 atom stereocenters. The molecule has 0 saturated heterocycles. The van der Waals surface area contributed by atoms with E-state index < -0.39 is 5.41 Å². The van der Waals surface area contributed by atoms with E-state index in [1.165, 1.54) is 5.56 Å². The molecule has 1 aromatic heterocycles. The Balaban J connectivity index is 1.64. The number of hydrogen-bond donors (Lipinski definition) is 1. The van der Waals surface area contributed by atoms with E-state index in [2.05, 4.69) is 41.5 Å². The third kappa shape index (κ3) is 4.24. The van der Waals surface area contributed by atoms with Crippen molar-refractivity contribution in [2.75, 3.05) is 11.1 Å². The Kier molecular flexibility index (Phi) is 5.86. The lowest BCUT2D eigenvalue weighted by atomic mass is 9.83. The van der Waals surface area contributed by atoms with E-state index >= 15 is 0 Å². The maximum Gasteiger partial charge on any atom is 0.235 e. The second-order valence-corrected chi connectivity index (χ2v) is 8.68. The molecule has 3 aromatic carbocycles. The van der Waals surface area contributed by atoms with Gasteiger partial charge in [0.2, 0.25) is 5.91 Å². The van der Waals surface area contributed by atoms with Crippen molar-refractivity contribution in [3.63, 3.8) is 0 Å². The van der Waals surface area contributed by atoms with Gasteiger partial charge in [-0.15, -0.1) is 11.8 Å². The minimum atomic E-state index is -0.701. The van der Waals surface area contributed by atoms with Gasteiger partial charge in [0.25, 0.3) is 0 Å². The van der Waals surface area contributed by atoms with Crippen LogP contribution in [0.3, 0.4) is 0 Å². The normalized spacial score (nSPS) is 13.0. The van der Waals surface area contributed by atoms with Crippen LogP contribution < -0.4 is 5.32 Å². The number of carbonyl (C=O) groups is 1. The van der Waals surface area contributed by atoms with Gasteiger partial charge in [0.05, 0.1) is 16.6 Å². The largest absolute Gasteiger partial charge is 0.323 e. The minimum Gasteiger partial charge on any atom is -0.323 e. The molecule has 0 saturated carbocycles. The molecule has 3 nitrogen and oxygen atoms in total. The van der Waals surface area contributed by atoms with Gasteiger partial charge in [0.1, 0.15) is 0 Å². The van der Waals surface area contributed by atoms with Gasteiger partial charge < -0.3 is 5.32 Å². The van der Waals surface area contributed by atoms with E-state index in [1.54, 1.807) is 18.0 Å². The van der Waals surface area contributed by atoms with E-state index in [1.807, 2.05) is 67.6 Å². The summed E-state index contributed by atoms with van der Waals surface area (Å²) >= 11 is 1.70. The van der Waals surface area contributed by atoms with Crippen molar-refractivity contribution in [2.45, 2.75) is 24.2 Å². The standard InChI is InChI=1S/C26H24N2OS/c1-19-13-15-22(16-14-19)30-18-26(2,21-10-4-3-5-11-21)25(29)28-23-12-6-8-20-9-7-17-27-24(20)23/h3-17H,18H2,1-2H3,(H,28,29). The highest BCUT2D eigenvalue weighted by atomic mass is 32.2. The van der Waals surface area contributed by atoms with Crippen molar-refractivity contribution in [1.82, 2.24) is 4.98 Å². The van der Waals surface area contributed by atoms with Crippen LogP contribution in [0.4, 0.5) is 5.69 Å². The molecule has 1 N–H and O–H groups in total. The lowest BCUT2D eigenvalue weighted by Gasteiger charge is -2.29. The Hall–Kier alpha value is -3.11. The predicted octanol–water partition coefficient (Wildman–Crippen LogP) is 6.23. The molecule has 1 amide bonds. The molecule has 0 radical (unpaired) electrons. The van der Waals surface area contributed by atoms with Gasteiger partial charge >= 0.3 is 0 Å². The Bertz CT molecular complexity index is 1150. The average molecular weight is 413 g/mol. The fourth-order valence-electron chi connectivity index (χ4n) is 3.41. The molecule has 0 aliphatic rings. The van der Waals surface area contributed by atoms with E-state index in [-0.39, 0.29) is 5.91 Å². The summed E-state index contributed by atoms with van der Waals surface area (Å²) in [4.78, 5) is 19.2. The summed E-state index contributed by atoms with van der Waals surface area (Å²) in [7, 11) is 0. The highest BCUT2D eigenvalue weighted by molar-refractivity contribution is 7.99. The first-order chi connectivity index (χ1) is 14.6. The lowest BCUT2D eigenvalue weighted by Crippen LogP contribution is -2.40. The molecule has 0 spiro atoms. The van der Waals surface area contributed by atoms with Gasteiger partial charge in [-0.2, -0.15) is 0 Å². The first-order valence-electron chi connectivity index (χ1n) is 9.96. The number of aromatic nitrogens is 1. The highest BCUT2D eigenvalue weighted by Crippen LogP contribution is 2.34. The van der Waals surface area contributed by atoms with Crippen LogP contribution >= 0.6 is 11.8 Å². The smallest absolute Gasteiger partial charge is 0.235 e. The maximum atomic E-state index is 13.6. The number of pyridine rings is 1. The van der Waals surface area contributed by atoms with Crippen molar-refractivity contribution in [3.8, 4) is 0 Å². The monoisotopic (exact) mass is 412 g/mol. The fourth-order valence-corrected chi connectivity index (χ4v) is 4.50. The minimum absolute atomic E-state index is 0.0357. The van der Waals surface area contributed by atoms with Crippen LogP contribution in [0.5, 0.6) is 0 Å². The molecular formula is C26H24N2OS. The number of nitrogens with one attached hydrogen (secondary N) is 1. The second-order valence-electron chi connectivity index (χ2n) is 7.63. The zero-order valence-corrected chi connectivity index (χ0v) is 17.9. The van der Waals surface area contributed by atoms with Gasteiger partial charge in [-0.25, -0.2) is 0 Å². The Morgan fingerprint density at radius 2 is 1.67 bits per heavy atom. The molecule has 0 aliphatic carbocycles. The quantitative estimate of drug-likeness (QED) is 0.382. The van der Waals surface area contributed by atoms with Crippen molar-refractivity contribution >= 4 is 34.3 Å². The van der Waals surface area contributed by atoms with Gasteiger partial charge in [0, 0.05) is 22.2 Å². The van der Waals surface area contributed by atoms with E-state index in [9.17, 15) is 4.79 Å². The summed E-state index contributed by atoms with van der Waals surface area (Å²) in [5.41, 5.74) is 3.06. The van der Waals surface area contributed by atoms with Crippen LogP contribution in [0.1, 0.15) is 18.1 Å². The summed E-state index contributed by atoms with van der Waals surface area (Å²) in [6, 6.07) is 28.2. The van der Waals surface area contributed by atoms with Gasteiger partial charge in [-0.05, 0) is 43.7 Å². The molecule has 30 heavy (non-hydrogen) atoms. The summed E-state index contributed by atoms with van der Waals surface area (Å²) < 4.78 is 0. The molecular weight excluding hydrogens is 388 g/mol. The van der Waals surface area contributed by atoms with Crippen molar-refractivity contribution in [3.05, 3.63) is 102 Å². The van der Waals surface area contributed by atoms with E-state index in [0.717, 1.165) is 27.0 Å². The Morgan fingerprint density at radius 1 is 0.933 bits per heavy atom. The number of fused-ring (bicyclic) bond motifs is 1. The van der Waals surface area contributed by atoms with Crippen molar-refractivity contribution in [2.24, 2.45) is 0 Å². The van der Waals surface area contributed by atoms with Crippen LogP contribution in [-0.4, -0.2) is 16.6 Å². The fraction of sp³-hybridized carbons (Fsp3) is 0.154. The molecule has 150 valence electrons. The van der Waals surface area contributed by atoms with Gasteiger partial charge in [-0.1, -0.05) is 66.2 Å². The summed E-state index contributed by atoms with van der Waals surface area (Å²) in [5.74, 6) is 0.593. The summed E-state index contributed by atoms with van der Waals surface area (Å²) in [6.45, 7) is 4.09. The zero-order chi connectivity index (χ0) is 21.0. The van der Waals surface area contributed by atoms with Crippen LogP contribution in [0, 0.1) is 6.92 Å². The average Bonchev–Trinajstić information content (AvgIpc) is 2.79. The predicted molar refractivity (Wildman–Crippen MR) is 126 cm³/mol. The second kappa shape index (κ2) is 8.72. The maximum absolute atomic E-state index is 13.6. The number of aryl methyl sites for hydroxylation is 1. The lowest BCUT2D eigenvalue weighted by molar-refractivity contribution is -0.120. The number of nitrogens with zero attached hydrogens (tertiary/aromatic N) is 1. The molecule has 1 unspecified atom stereocenters. The van der Waals surface area contributed by atoms with Crippen molar-refractivity contribution < 1.29 is 4.79 Å². The number of amides is 1. The zero-order valence-electron chi connectivity index (χ0n) is 17.1. The summed E-state index contributed by atoms with van der Waals surface area (Å²) in [6.07, 6.45) is 1.75. The Morgan fingerprint density at radius 3 is 2.43 bits per heavy atom. The molecule has 4 rings (SSSR count). The number of anilines is 1. The molecule has 0 fully saturated rings. The van der Waals surface area contributed by atoms with Crippen LogP contribution in [0.2, 0.25) is 0 Å². The van der Waals surface area contributed by atoms with E-state index in [4.69, 9.17) is 0 Å². The number of thioether (sulfide) groups is 1. The number of para-hydroxylation sites is 1. The SMILES string of the molecule is Cc1ccc(SCC(C)(C(=O)Nc2cccc3cccnc23)c2ccccc2)cc1. The Labute approximate surface area is 181 Å². The van der Waals surface area contributed by atoms with E-state index in [0.29, 0.717) is 5.75 Å². The first kappa shape index (κ1) is 20.2. The molecule has 4 heteroatoms. The van der Waals surface area contributed by atoms with Crippen LogP contribution in [-0.2, 0) is 10.2 Å². The van der Waals surface area contributed by atoms with Gasteiger partial charge in [-0.3, -0.25) is 9.78 Å².